The van der Waals surface area contributed by atoms with Gasteiger partial charge in [0, 0.05) is 12.1 Å². The number of hydrogen-bond donors (Lipinski definition) is 2. The van der Waals surface area contributed by atoms with Gasteiger partial charge in [-0.2, -0.15) is 0 Å². The predicted molar refractivity (Wildman–Crippen MR) is 103 cm³/mol. The number of hydrogen-bond acceptors (Lipinski definition) is 4. The number of fused-ring (bicyclic) bond motifs is 1. The van der Waals surface area contributed by atoms with E-state index in [0.29, 0.717) is 34.7 Å². The monoisotopic (exact) mass is 352 g/mol. The lowest BCUT2D eigenvalue weighted by atomic mass is 10.1. The molecule has 0 spiro atoms. The Kier molecular flexibility index (Phi) is 4.72. The van der Waals surface area contributed by atoms with Crippen LogP contribution in [0.1, 0.15) is 37.0 Å². The van der Waals surface area contributed by atoms with Crippen molar-refractivity contribution in [3.05, 3.63) is 41.0 Å². The SMILES string of the molecule is Cc1cc2nc(-c3cc(NC(=O)CC(C)C)cc(C)c3O)oc2cc1C. The molecule has 3 rings (SSSR count). The van der Waals surface area contributed by atoms with E-state index in [2.05, 4.69) is 10.3 Å². The van der Waals surface area contributed by atoms with E-state index >= 15 is 0 Å². The first-order chi connectivity index (χ1) is 12.2. The van der Waals surface area contributed by atoms with Crippen LogP contribution in [0.5, 0.6) is 5.75 Å². The van der Waals surface area contributed by atoms with Crippen LogP contribution in [0.3, 0.4) is 0 Å². The zero-order valence-corrected chi connectivity index (χ0v) is 15.8. The van der Waals surface area contributed by atoms with E-state index in [9.17, 15) is 9.90 Å². The van der Waals surface area contributed by atoms with Crippen molar-refractivity contribution in [2.45, 2.75) is 41.0 Å². The second-order valence-electron chi connectivity index (χ2n) is 7.26. The number of aryl methyl sites for hydroxylation is 3. The fourth-order valence-electron chi connectivity index (χ4n) is 2.89. The molecule has 0 aliphatic heterocycles. The van der Waals surface area contributed by atoms with Gasteiger partial charge in [0.05, 0.1) is 5.56 Å². The van der Waals surface area contributed by atoms with Crippen LogP contribution < -0.4 is 5.32 Å². The number of aromatic nitrogens is 1. The first kappa shape index (κ1) is 18.0. The van der Waals surface area contributed by atoms with Gasteiger partial charge in [-0.3, -0.25) is 4.79 Å². The second-order valence-corrected chi connectivity index (χ2v) is 7.26. The zero-order chi connectivity index (χ0) is 19.0. The van der Waals surface area contributed by atoms with Crippen LogP contribution in [0.4, 0.5) is 5.69 Å². The van der Waals surface area contributed by atoms with Gasteiger partial charge in [0.15, 0.2) is 5.58 Å². The number of carbonyl (C=O) groups excluding carboxylic acids is 1. The molecule has 0 fully saturated rings. The number of phenolic OH excluding ortho intramolecular Hbond substituents is 1. The minimum absolute atomic E-state index is 0.0557. The molecular weight excluding hydrogens is 328 g/mol. The molecule has 0 aliphatic rings. The van der Waals surface area contributed by atoms with Gasteiger partial charge >= 0.3 is 0 Å². The van der Waals surface area contributed by atoms with E-state index in [1.54, 1.807) is 19.1 Å². The molecule has 1 aromatic heterocycles. The summed E-state index contributed by atoms with van der Waals surface area (Å²) in [6, 6.07) is 7.36. The molecule has 136 valence electrons. The summed E-state index contributed by atoms with van der Waals surface area (Å²) in [7, 11) is 0. The highest BCUT2D eigenvalue weighted by Gasteiger charge is 2.17. The van der Waals surface area contributed by atoms with E-state index < -0.39 is 0 Å². The van der Waals surface area contributed by atoms with Crippen molar-refractivity contribution >= 4 is 22.7 Å². The Morgan fingerprint density at radius 2 is 1.81 bits per heavy atom. The minimum atomic E-state index is -0.0557. The van der Waals surface area contributed by atoms with Gasteiger partial charge in [-0.25, -0.2) is 4.98 Å². The van der Waals surface area contributed by atoms with Crippen LogP contribution in [0.25, 0.3) is 22.6 Å². The molecule has 0 unspecified atom stereocenters. The fraction of sp³-hybridized carbons (Fsp3) is 0.333. The average molecular weight is 352 g/mol. The Labute approximate surface area is 153 Å². The number of aromatic hydroxyl groups is 1. The molecule has 26 heavy (non-hydrogen) atoms. The molecule has 3 aromatic rings. The summed E-state index contributed by atoms with van der Waals surface area (Å²) in [6.45, 7) is 9.82. The summed E-state index contributed by atoms with van der Waals surface area (Å²) in [4.78, 5) is 16.6. The van der Waals surface area contributed by atoms with Gasteiger partial charge in [-0.1, -0.05) is 13.8 Å². The minimum Gasteiger partial charge on any atom is -0.507 e. The van der Waals surface area contributed by atoms with Gasteiger partial charge in [-0.15, -0.1) is 0 Å². The first-order valence-electron chi connectivity index (χ1n) is 8.76. The van der Waals surface area contributed by atoms with E-state index in [4.69, 9.17) is 4.42 Å². The number of rotatable bonds is 4. The summed E-state index contributed by atoms with van der Waals surface area (Å²) >= 11 is 0. The quantitative estimate of drug-likeness (QED) is 0.640. The lowest BCUT2D eigenvalue weighted by molar-refractivity contribution is -0.116. The molecule has 0 bridgehead atoms. The Hall–Kier alpha value is -2.82. The Morgan fingerprint density at radius 1 is 1.12 bits per heavy atom. The molecule has 1 amide bonds. The normalized spacial score (nSPS) is 11.3. The highest BCUT2D eigenvalue weighted by atomic mass is 16.3. The van der Waals surface area contributed by atoms with Crippen molar-refractivity contribution in [1.82, 2.24) is 4.98 Å². The number of anilines is 1. The maximum absolute atomic E-state index is 12.1. The van der Waals surface area contributed by atoms with Crippen molar-refractivity contribution in [3.8, 4) is 17.2 Å². The van der Waals surface area contributed by atoms with E-state index in [1.807, 2.05) is 39.8 Å². The third kappa shape index (κ3) is 3.57. The van der Waals surface area contributed by atoms with E-state index in [-0.39, 0.29) is 17.6 Å². The molecule has 5 nitrogen and oxygen atoms in total. The number of oxazole rings is 1. The highest BCUT2D eigenvalue weighted by molar-refractivity contribution is 5.92. The average Bonchev–Trinajstić information content (AvgIpc) is 2.92. The van der Waals surface area contributed by atoms with Crippen LogP contribution in [0.2, 0.25) is 0 Å². The first-order valence-corrected chi connectivity index (χ1v) is 8.76. The van der Waals surface area contributed by atoms with Gasteiger partial charge in [0.25, 0.3) is 0 Å². The predicted octanol–water partition coefficient (Wildman–Crippen LogP) is 5.11. The third-order valence-electron chi connectivity index (χ3n) is 4.41. The molecular formula is C21H24N2O3. The molecule has 5 heteroatoms. The smallest absolute Gasteiger partial charge is 0.231 e. The molecule has 0 saturated heterocycles. The number of benzene rings is 2. The van der Waals surface area contributed by atoms with Crippen molar-refractivity contribution in [2.75, 3.05) is 5.32 Å². The lowest BCUT2D eigenvalue weighted by Crippen LogP contribution is -2.14. The van der Waals surface area contributed by atoms with E-state index in [0.717, 1.165) is 16.6 Å². The Bertz CT molecular complexity index is 948. The molecule has 1 heterocycles. The summed E-state index contributed by atoms with van der Waals surface area (Å²) in [5.74, 6) is 0.661. The van der Waals surface area contributed by atoms with Crippen LogP contribution >= 0.6 is 0 Å². The third-order valence-corrected chi connectivity index (χ3v) is 4.41. The number of amides is 1. The zero-order valence-electron chi connectivity index (χ0n) is 15.8. The lowest BCUT2D eigenvalue weighted by Gasteiger charge is -2.11. The maximum atomic E-state index is 12.1. The summed E-state index contributed by atoms with van der Waals surface area (Å²) in [6.07, 6.45) is 0.441. The summed E-state index contributed by atoms with van der Waals surface area (Å²) in [5, 5.41) is 13.4. The molecule has 2 aromatic carbocycles. The van der Waals surface area contributed by atoms with Crippen LogP contribution in [0, 0.1) is 26.7 Å². The van der Waals surface area contributed by atoms with Gasteiger partial charge in [0.2, 0.25) is 11.8 Å². The highest BCUT2D eigenvalue weighted by Crippen LogP contribution is 2.36. The van der Waals surface area contributed by atoms with Crippen LogP contribution in [-0.4, -0.2) is 16.0 Å². The standard InChI is InChI=1S/C21H24N2O3/c1-11(2)6-19(24)22-15-7-14(5)20(25)16(10-15)21-23-17-8-12(3)13(4)9-18(17)26-21/h7-11,25H,6H2,1-5H3,(H,22,24). The van der Waals surface area contributed by atoms with Crippen LogP contribution in [-0.2, 0) is 4.79 Å². The number of phenols is 1. The van der Waals surface area contributed by atoms with Crippen LogP contribution in [0.15, 0.2) is 28.7 Å². The molecule has 2 N–H and O–H groups in total. The van der Waals surface area contributed by atoms with Crippen molar-refractivity contribution in [3.63, 3.8) is 0 Å². The Balaban J connectivity index is 2.03. The second kappa shape index (κ2) is 6.83. The summed E-state index contributed by atoms with van der Waals surface area (Å²) in [5.41, 5.74) is 5.41. The fourth-order valence-corrected chi connectivity index (χ4v) is 2.89. The van der Waals surface area contributed by atoms with E-state index in [1.165, 1.54) is 0 Å². The maximum Gasteiger partial charge on any atom is 0.231 e. The van der Waals surface area contributed by atoms with Crippen molar-refractivity contribution in [2.24, 2.45) is 5.92 Å². The topological polar surface area (TPSA) is 75.4 Å². The van der Waals surface area contributed by atoms with Crippen molar-refractivity contribution < 1.29 is 14.3 Å². The van der Waals surface area contributed by atoms with Gasteiger partial charge < -0.3 is 14.8 Å². The number of nitrogens with one attached hydrogen (secondary N) is 1. The number of carbonyl (C=O) groups is 1. The molecule has 0 atom stereocenters. The number of nitrogens with zero attached hydrogens (tertiary/aromatic N) is 1. The molecule has 0 aliphatic carbocycles. The van der Waals surface area contributed by atoms with Crippen molar-refractivity contribution in [1.29, 1.82) is 0 Å². The largest absolute Gasteiger partial charge is 0.507 e. The molecule has 0 saturated carbocycles. The van der Waals surface area contributed by atoms with Gasteiger partial charge in [-0.05, 0) is 67.6 Å². The Morgan fingerprint density at radius 3 is 2.50 bits per heavy atom. The van der Waals surface area contributed by atoms with Gasteiger partial charge in [0.1, 0.15) is 11.3 Å². The molecule has 0 radical (unpaired) electrons. The summed E-state index contributed by atoms with van der Waals surface area (Å²) < 4.78 is 5.87.